The highest BCUT2D eigenvalue weighted by atomic mass is 16.1. The molecule has 2 rings (SSSR count). The van der Waals surface area contributed by atoms with Gasteiger partial charge in [0.15, 0.2) is 0 Å². The molecule has 1 saturated carbocycles. The van der Waals surface area contributed by atoms with Crippen LogP contribution in [0.4, 0.5) is 5.69 Å². The molecule has 0 radical (unpaired) electrons. The van der Waals surface area contributed by atoms with Crippen molar-refractivity contribution < 1.29 is 4.79 Å². The molecule has 0 aliphatic heterocycles. The molecule has 0 unspecified atom stereocenters. The van der Waals surface area contributed by atoms with E-state index >= 15 is 0 Å². The van der Waals surface area contributed by atoms with Crippen molar-refractivity contribution >= 4 is 11.6 Å². The molecule has 1 aliphatic rings. The van der Waals surface area contributed by atoms with Gasteiger partial charge in [0, 0.05) is 18.3 Å². The van der Waals surface area contributed by atoms with Crippen LogP contribution in [-0.4, -0.2) is 18.5 Å². The number of benzene rings is 1. The van der Waals surface area contributed by atoms with Crippen molar-refractivity contribution in [3.05, 3.63) is 29.8 Å². The minimum Gasteiger partial charge on any atom is -0.387 e. The number of anilines is 1. The van der Waals surface area contributed by atoms with Crippen LogP contribution in [-0.2, 0) is 0 Å². The average Bonchev–Trinajstić information content (AvgIpc) is 2.33. The van der Waals surface area contributed by atoms with Crippen molar-refractivity contribution in [2.75, 3.05) is 12.4 Å². The van der Waals surface area contributed by atoms with Crippen LogP contribution in [0, 0.1) is 0 Å². The van der Waals surface area contributed by atoms with Gasteiger partial charge >= 0.3 is 0 Å². The van der Waals surface area contributed by atoms with Crippen LogP contribution in [0.5, 0.6) is 0 Å². The topological polar surface area (TPSA) is 41.1 Å². The third-order valence-electron chi connectivity index (χ3n) is 3.81. The minimum atomic E-state index is 0.0384. The SMILES string of the molecule is CCC1(NC(=O)c2ccccc2NC)CCC1. The molecule has 17 heavy (non-hydrogen) atoms. The minimum absolute atomic E-state index is 0.0384. The second-order valence-electron chi connectivity index (χ2n) is 4.74. The van der Waals surface area contributed by atoms with E-state index in [4.69, 9.17) is 0 Å². The lowest BCUT2D eigenvalue weighted by Gasteiger charge is -2.42. The molecular formula is C14H20N2O. The predicted molar refractivity (Wildman–Crippen MR) is 70.3 cm³/mol. The van der Waals surface area contributed by atoms with Crippen molar-refractivity contribution in [3.63, 3.8) is 0 Å². The number of nitrogens with one attached hydrogen (secondary N) is 2. The summed E-state index contributed by atoms with van der Waals surface area (Å²) in [5.41, 5.74) is 1.67. The Hall–Kier alpha value is -1.51. The normalized spacial score (nSPS) is 17.1. The molecule has 0 heterocycles. The summed E-state index contributed by atoms with van der Waals surface area (Å²) < 4.78 is 0. The molecule has 1 fully saturated rings. The molecule has 92 valence electrons. The quantitative estimate of drug-likeness (QED) is 0.838. The number of hydrogen-bond acceptors (Lipinski definition) is 2. The number of carbonyl (C=O) groups is 1. The van der Waals surface area contributed by atoms with E-state index in [1.165, 1.54) is 6.42 Å². The maximum atomic E-state index is 12.2. The van der Waals surface area contributed by atoms with Gasteiger partial charge in [0.2, 0.25) is 0 Å². The van der Waals surface area contributed by atoms with Gasteiger partial charge in [0.25, 0.3) is 5.91 Å². The largest absolute Gasteiger partial charge is 0.387 e. The lowest BCUT2D eigenvalue weighted by Crippen LogP contribution is -2.53. The summed E-state index contributed by atoms with van der Waals surface area (Å²) in [5.74, 6) is 0.0384. The summed E-state index contributed by atoms with van der Waals surface area (Å²) in [6.45, 7) is 2.14. The molecule has 0 saturated heterocycles. The van der Waals surface area contributed by atoms with Crippen LogP contribution < -0.4 is 10.6 Å². The van der Waals surface area contributed by atoms with Crippen molar-refractivity contribution in [1.29, 1.82) is 0 Å². The van der Waals surface area contributed by atoms with Gasteiger partial charge < -0.3 is 10.6 Å². The number of carbonyl (C=O) groups excluding carboxylic acids is 1. The molecule has 0 bridgehead atoms. The van der Waals surface area contributed by atoms with E-state index in [0.717, 1.165) is 30.5 Å². The summed E-state index contributed by atoms with van der Waals surface area (Å²) in [5, 5.41) is 6.25. The first kappa shape index (κ1) is 12.0. The molecule has 1 amide bonds. The highest BCUT2D eigenvalue weighted by molar-refractivity contribution is 6.00. The summed E-state index contributed by atoms with van der Waals surface area (Å²) in [6, 6.07) is 7.62. The standard InChI is InChI=1S/C14H20N2O/c1-3-14(9-6-10-14)16-13(17)11-7-4-5-8-12(11)15-2/h4-5,7-8,15H,3,6,9-10H2,1-2H3,(H,16,17). The Balaban J connectivity index is 2.14. The molecule has 1 aromatic carbocycles. The van der Waals surface area contributed by atoms with Crippen molar-refractivity contribution in [2.24, 2.45) is 0 Å². The fourth-order valence-corrected chi connectivity index (χ4v) is 2.38. The van der Waals surface area contributed by atoms with Gasteiger partial charge in [-0.3, -0.25) is 4.79 Å². The molecule has 3 heteroatoms. The first-order valence-corrected chi connectivity index (χ1v) is 6.30. The highest BCUT2D eigenvalue weighted by Gasteiger charge is 2.36. The summed E-state index contributed by atoms with van der Waals surface area (Å²) >= 11 is 0. The second kappa shape index (κ2) is 4.78. The van der Waals surface area contributed by atoms with E-state index < -0.39 is 0 Å². The fraction of sp³-hybridized carbons (Fsp3) is 0.500. The van der Waals surface area contributed by atoms with Crippen molar-refractivity contribution in [2.45, 2.75) is 38.1 Å². The Morgan fingerprint density at radius 2 is 2.06 bits per heavy atom. The van der Waals surface area contributed by atoms with Crippen LogP contribution in [0.1, 0.15) is 43.0 Å². The second-order valence-corrected chi connectivity index (χ2v) is 4.74. The Bertz CT molecular complexity index is 405. The summed E-state index contributed by atoms with van der Waals surface area (Å²) in [6.07, 6.45) is 4.45. The zero-order valence-corrected chi connectivity index (χ0v) is 10.5. The van der Waals surface area contributed by atoms with Crippen molar-refractivity contribution in [1.82, 2.24) is 5.32 Å². The van der Waals surface area contributed by atoms with Crippen LogP contribution in [0.25, 0.3) is 0 Å². The first-order chi connectivity index (χ1) is 8.21. The third-order valence-corrected chi connectivity index (χ3v) is 3.81. The molecule has 1 aliphatic carbocycles. The summed E-state index contributed by atoms with van der Waals surface area (Å²) in [4.78, 5) is 12.2. The van der Waals surface area contributed by atoms with Gasteiger partial charge in [0.1, 0.15) is 0 Å². The monoisotopic (exact) mass is 232 g/mol. The molecule has 0 spiro atoms. The smallest absolute Gasteiger partial charge is 0.253 e. The predicted octanol–water partition coefficient (Wildman–Crippen LogP) is 2.79. The Kier molecular flexibility index (Phi) is 3.36. The Morgan fingerprint density at radius 3 is 2.59 bits per heavy atom. The number of hydrogen-bond donors (Lipinski definition) is 2. The van der Waals surface area contributed by atoms with Gasteiger partial charge in [0.05, 0.1) is 5.56 Å². The van der Waals surface area contributed by atoms with Gasteiger partial charge in [-0.1, -0.05) is 19.1 Å². The van der Waals surface area contributed by atoms with Crippen molar-refractivity contribution in [3.8, 4) is 0 Å². The summed E-state index contributed by atoms with van der Waals surface area (Å²) in [7, 11) is 1.84. The number of rotatable bonds is 4. The highest BCUT2D eigenvalue weighted by Crippen LogP contribution is 2.35. The van der Waals surface area contributed by atoms with Gasteiger partial charge in [-0.2, -0.15) is 0 Å². The molecule has 3 nitrogen and oxygen atoms in total. The van der Waals surface area contributed by atoms with E-state index in [2.05, 4.69) is 17.6 Å². The van der Waals surface area contributed by atoms with Crippen LogP contribution in [0.15, 0.2) is 24.3 Å². The zero-order chi connectivity index (χ0) is 12.3. The molecule has 0 aromatic heterocycles. The van der Waals surface area contributed by atoms with E-state index in [9.17, 15) is 4.79 Å². The van der Waals surface area contributed by atoms with Gasteiger partial charge in [-0.05, 0) is 37.8 Å². The molecule has 1 aromatic rings. The fourth-order valence-electron chi connectivity index (χ4n) is 2.38. The van der Waals surface area contributed by atoms with Crippen LogP contribution >= 0.6 is 0 Å². The average molecular weight is 232 g/mol. The first-order valence-electron chi connectivity index (χ1n) is 6.30. The van der Waals surface area contributed by atoms with E-state index in [1.807, 2.05) is 31.3 Å². The van der Waals surface area contributed by atoms with E-state index in [1.54, 1.807) is 0 Å². The zero-order valence-electron chi connectivity index (χ0n) is 10.5. The lowest BCUT2D eigenvalue weighted by atomic mass is 9.74. The maximum absolute atomic E-state index is 12.2. The Morgan fingerprint density at radius 1 is 1.35 bits per heavy atom. The van der Waals surface area contributed by atoms with Crippen LogP contribution in [0.3, 0.4) is 0 Å². The third kappa shape index (κ3) is 2.28. The van der Waals surface area contributed by atoms with Gasteiger partial charge in [-0.25, -0.2) is 0 Å². The lowest BCUT2D eigenvalue weighted by molar-refractivity contribution is 0.0821. The van der Waals surface area contributed by atoms with Crippen LogP contribution in [0.2, 0.25) is 0 Å². The van der Waals surface area contributed by atoms with E-state index in [0.29, 0.717) is 0 Å². The number of amides is 1. The van der Waals surface area contributed by atoms with E-state index in [-0.39, 0.29) is 11.4 Å². The molecular weight excluding hydrogens is 212 g/mol. The Labute approximate surface area is 103 Å². The maximum Gasteiger partial charge on any atom is 0.253 e. The van der Waals surface area contributed by atoms with Gasteiger partial charge in [-0.15, -0.1) is 0 Å². The molecule has 2 N–H and O–H groups in total. The molecule has 0 atom stereocenters. The number of para-hydroxylation sites is 1.